The lowest BCUT2D eigenvalue weighted by atomic mass is 10.2. The first-order valence-electron chi connectivity index (χ1n) is 9.28. The fourth-order valence-electron chi connectivity index (χ4n) is 3.43. The van der Waals surface area contributed by atoms with Gasteiger partial charge in [-0.15, -0.1) is 11.3 Å². The van der Waals surface area contributed by atoms with Crippen LogP contribution in [0.15, 0.2) is 9.95 Å². The van der Waals surface area contributed by atoms with E-state index in [2.05, 4.69) is 5.32 Å². The van der Waals surface area contributed by atoms with Crippen LogP contribution >= 0.6 is 23.1 Å². The molecule has 0 aromatic carbocycles. The highest BCUT2D eigenvalue weighted by atomic mass is 32.2. The molecule has 0 aliphatic heterocycles. The van der Waals surface area contributed by atoms with E-state index < -0.39 is 0 Å². The molecular weight excluding hydrogens is 366 g/mol. The number of thioether (sulfide) groups is 1. The zero-order chi connectivity index (χ0) is 19.0. The molecule has 1 N–H and O–H groups in total. The van der Waals surface area contributed by atoms with Crippen molar-refractivity contribution in [2.24, 2.45) is 0 Å². The maximum Gasteiger partial charge on any atom is 0.263 e. The number of carbonyl (C=O) groups excluding carboxylic acids is 1. The average molecular weight is 394 g/mol. The number of amides is 1. The van der Waals surface area contributed by atoms with E-state index in [1.165, 1.54) is 24.6 Å². The minimum atomic E-state index is -0.285. The molecule has 5 nitrogen and oxygen atoms in total. The lowest BCUT2D eigenvalue weighted by Gasteiger charge is -2.19. The minimum absolute atomic E-state index is 0.00208. The molecule has 26 heavy (non-hydrogen) atoms. The van der Waals surface area contributed by atoms with E-state index in [9.17, 15) is 9.59 Å². The molecule has 1 amide bonds. The third kappa shape index (κ3) is 3.69. The number of aryl methyl sites for hydroxylation is 2. The van der Waals surface area contributed by atoms with Crippen molar-refractivity contribution in [3.63, 3.8) is 0 Å². The molecule has 0 bridgehead atoms. The molecule has 1 aliphatic carbocycles. The topological polar surface area (TPSA) is 64.0 Å². The highest BCUT2D eigenvalue weighted by Gasteiger charge is 2.25. The number of thiophene rings is 1. The van der Waals surface area contributed by atoms with Crippen molar-refractivity contribution in [1.82, 2.24) is 14.9 Å². The predicted molar refractivity (Wildman–Crippen MR) is 109 cm³/mol. The normalized spacial score (nSPS) is 16.5. The van der Waals surface area contributed by atoms with Gasteiger partial charge in [-0.05, 0) is 53.0 Å². The summed E-state index contributed by atoms with van der Waals surface area (Å²) in [5.74, 6) is 0.0325. The van der Waals surface area contributed by atoms with E-state index in [0.717, 1.165) is 28.1 Å². The minimum Gasteiger partial charge on any atom is -0.352 e. The van der Waals surface area contributed by atoms with Gasteiger partial charge >= 0.3 is 0 Å². The SMILES string of the molecule is Cc1sc2nc(SC(C)C(=O)NC3CCCC3)n(C(C)C)c(=O)c2c1C. The van der Waals surface area contributed by atoms with Crippen molar-refractivity contribution in [3.05, 3.63) is 20.8 Å². The Bertz CT molecular complexity index is 879. The number of hydrogen-bond acceptors (Lipinski definition) is 5. The van der Waals surface area contributed by atoms with Crippen molar-refractivity contribution in [2.75, 3.05) is 0 Å². The Kier molecular flexibility index (Phi) is 5.77. The van der Waals surface area contributed by atoms with Crippen molar-refractivity contribution in [3.8, 4) is 0 Å². The molecule has 2 aromatic heterocycles. The quantitative estimate of drug-likeness (QED) is 0.611. The number of rotatable bonds is 5. The summed E-state index contributed by atoms with van der Waals surface area (Å²) in [7, 11) is 0. The van der Waals surface area contributed by atoms with Gasteiger partial charge in [0.1, 0.15) is 4.83 Å². The van der Waals surface area contributed by atoms with Crippen LogP contribution in [-0.4, -0.2) is 26.8 Å². The van der Waals surface area contributed by atoms with Crippen molar-refractivity contribution in [2.45, 2.75) is 82.8 Å². The van der Waals surface area contributed by atoms with Crippen LogP contribution in [0.5, 0.6) is 0 Å². The molecule has 1 unspecified atom stereocenters. The third-order valence-corrected chi connectivity index (χ3v) is 7.24. The Balaban J connectivity index is 1.92. The molecule has 2 heterocycles. The Hall–Kier alpha value is -1.34. The van der Waals surface area contributed by atoms with Crippen LogP contribution < -0.4 is 10.9 Å². The van der Waals surface area contributed by atoms with Gasteiger partial charge in [-0.3, -0.25) is 14.2 Å². The van der Waals surface area contributed by atoms with Crippen LogP contribution in [0.3, 0.4) is 0 Å². The Labute approximate surface area is 162 Å². The fraction of sp³-hybridized carbons (Fsp3) is 0.632. The maximum absolute atomic E-state index is 13.1. The van der Waals surface area contributed by atoms with E-state index in [4.69, 9.17) is 4.98 Å². The van der Waals surface area contributed by atoms with Gasteiger partial charge in [-0.2, -0.15) is 0 Å². The zero-order valence-electron chi connectivity index (χ0n) is 16.1. The highest BCUT2D eigenvalue weighted by molar-refractivity contribution is 8.00. The first-order chi connectivity index (χ1) is 12.3. The van der Waals surface area contributed by atoms with Gasteiger partial charge in [0.15, 0.2) is 5.16 Å². The van der Waals surface area contributed by atoms with E-state index in [-0.39, 0.29) is 22.8 Å². The summed E-state index contributed by atoms with van der Waals surface area (Å²) in [5.41, 5.74) is 1.01. The maximum atomic E-state index is 13.1. The second kappa shape index (κ2) is 7.72. The highest BCUT2D eigenvalue weighted by Crippen LogP contribution is 2.31. The second-order valence-electron chi connectivity index (χ2n) is 7.38. The van der Waals surface area contributed by atoms with Crippen molar-refractivity contribution < 1.29 is 4.79 Å². The standard InChI is InChI=1S/C19H27N3O2S2/c1-10(2)22-18(24)15-11(3)12(4)25-17(15)21-19(22)26-13(5)16(23)20-14-8-6-7-9-14/h10,13-14H,6-9H2,1-5H3,(H,20,23). The Morgan fingerprint density at radius 1 is 1.27 bits per heavy atom. The van der Waals surface area contributed by atoms with Crippen LogP contribution in [0, 0.1) is 13.8 Å². The number of nitrogens with one attached hydrogen (secondary N) is 1. The molecule has 2 aromatic rings. The number of carbonyl (C=O) groups is 1. The van der Waals surface area contributed by atoms with Crippen LogP contribution in [0.1, 0.15) is 62.9 Å². The number of fused-ring (bicyclic) bond motifs is 1. The molecule has 1 fully saturated rings. The fourth-order valence-corrected chi connectivity index (χ4v) is 5.55. The molecule has 1 atom stereocenters. The molecule has 142 valence electrons. The lowest BCUT2D eigenvalue weighted by molar-refractivity contribution is -0.120. The van der Waals surface area contributed by atoms with Crippen LogP contribution in [0.4, 0.5) is 0 Å². The van der Waals surface area contributed by atoms with Gasteiger partial charge in [0.25, 0.3) is 5.56 Å². The molecule has 1 saturated carbocycles. The van der Waals surface area contributed by atoms with Crippen LogP contribution in [0.25, 0.3) is 10.2 Å². The van der Waals surface area contributed by atoms with Crippen molar-refractivity contribution >= 4 is 39.2 Å². The van der Waals surface area contributed by atoms with E-state index in [1.54, 1.807) is 15.9 Å². The first kappa shape index (κ1) is 19.4. The van der Waals surface area contributed by atoms with Gasteiger partial charge in [-0.25, -0.2) is 4.98 Å². The second-order valence-corrected chi connectivity index (χ2v) is 9.89. The summed E-state index contributed by atoms with van der Waals surface area (Å²) in [6.07, 6.45) is 4.51. The van der Waals surface area contributed by atoms with E-state index in [1.807, 2.05) is 34.6 Å². The van der Waals surface area contributed by atoms with Gasteiger partial charge in [0.2, 0.25) is 5.91 Å². The van der Waals surface area contributed by atoms with Crippen LogP contribution in [0.2, 0.25) is 0 Å². The van der Waals surface area contributed by atoms with E-state index >= 15 is 0 Å². The molecule has 7 heteroatoms. The van der Waals surface area contributed by atoms with Crippen LogP contribution in [-0.2, 0) is 4.79 Å². The summed E-state index contributed by atoms with van der Waals surface area (Å²) < 4.78 is 1.73. The molecular formula is C19H27N3O2S2. The Morgan fingerprint density at radius 3 is 2.54 bits per heavy atom. The summed E-state index contributed by atoms with van der Waals surface area (Å²) in [5, 5.41) is 4.20. The number of nitrogens with zero attached hydrogens (tertiary/aromatic N) is 2. The summed E-state index contributed by atoms with van der Waals surface area (Å²) in [6, 6.07) is 0.294. The summed E-state index contributed by atoms with van der Waals surface area (Å²) in [4.78, 5) is 32.3. The smallest absolute Gasteiger partial charge is 0.263 e. The number of hydrogen-bond donors (Lipinski definition) is 1. The van der Waals surface area contributed by atoms with Gasteiger partial charge in [0.05, 0.1) is 10.6 Å². The largest absolute Gasteiger partial charge is 0.352 e. The summed E-state index contributed by atoms with van der Waals surface area (Å²) in [6.45, 7) is 9.85. The van der Waals surface area contributed by atoms with Gasteiger partial charge in [-0.1, -0.05) is 24.6 Å². The monoisotopic (exact) mass is 393 g/mol. The van der Waals surface area contributed by atoms with Gasteiger partial charge < -0.3 is 5.32 Å². The molecule has 0 saturated heterocycles. The lowest BCUT2D eigenvalue weighted by Crippen LogP contribution is -2.38. The predicted octanol–water partition coefficient (Wildman–Crippen LogP) is 4.20. The molecule has 3 rings (SSSR count). The van der Waals surface area contributed by atoms with Gasteiger partial charge in [0, 0.05) is 17.0 Å². The summed E-state index contributed by atoms with van der Waals surface area (Å²) >= 11 is 2.93. The Morgan fingerprint density at radius 2 is 1.92 bits per heavy atom. The third-order valence-electron chi connectivity index (χ3n) is 5.07. The van der Waals surface area contributed by atoms with Crippen molar-refractivity contribution in [1.29, 1.82) is 0 Å². The molecule has 0 spiro atoms. The number of aromatic nitrogens is 2. The average Bonchev–Trinajstić information content (AvgIpc) is 3.15. The first-order valence-corrected chi connectivity index (χ1v) is 11.0. The van der Waals surface area contributed by atoms with E-state index in [0.29, 0.717) is 16.6 Å². The zero-order valence-corrected chi connectivity index (χ0v) is 17.7. The molecule has 0 radical (unpaired) electrons. The molecule has 1 aliphatic rings.